The number of carbonyl (C=O) groups excluding carboxylic acids is 1. The van der Waals surface area contributed by atoms with Gasteiger partial charge in [0.1, 0.15) is 5.69 Å². The highest BCUT2D eigenvalue weighted by Crippen LogP contribution is 2.19. The van der Waals surface area contributed by atoms with Crippen molar-refractivity contribution >= 4 is 17.5 Å². The van der Waals surface area contributed by atoms with E-state index >= 15 is 0 Å². The Balaban J connectivity index is 2.08. The van der Waals surface area contributed by atoms with E-state index in [4.69, 9.17) is 0 Å². The van der Waals surface area contributed by atoms with Crippen molar-refractivity contribution in [2.75, 3.05) is 11.9 Å². The normalized spacial score (nSPS) is 11.0. The van der Waals surface area contributed by atoms with Crippen LogP contribution < -0.4 is 10.6 Å². The quantitative estimate of drug-likeness (QED) is 0.782. The number of aromatic nitrogens is 2. The molecule has 5 heteroatoms. The van der Waals surface area contributed by atoms with Crippen LogP contribution in [-0.4, -0.2) is 22.4 Å². The number of amides is 1. The number of nitrogens with one attached hydrogen (secondary N) is 2. The van der Waals surface area contributed by atoms with E-state index in [1.54, 1.807) is 6.07 Å². The highest BCUT2D eigenvalue weighted by molar-refractivity contribution is 5.92. The number of nitrogens with zero attached hydrogens (tertiary/aromatic N) is 2. The average molecular weight is 340 g/mol. The van der Waals surface area contributed by atoms with Crippen LogP contribution in [0.15, 0.2) is 30.3 Å². The summed E-state index contributed by atoms with van der Waals surface area (Å²) >= 11 is 0. The van der Waals surface area contributed by atoms with E-state index in [9.17, 15) is 4.79 Å². The van der Waals surface area contributed by atoms with E-state index in [1.165, 1.54) is 5.56 Å². The molecule has 0 saturated heterocycles. The zero-order chi connectivity index (χ0) is 18.4. The van der Waals surface area contributed by atoms with Crippen LogP contribution in [0.5, 0.6) is 0 Å². The third kappa shape index (κ3) is 5.85. The zero-order valence-corrected chi connectivity index (χ0v) is 15.8. The SMILES string of the molecule is Cc1cc(C(=O)NCCC(C)C)nc(Nc2ccc(C(C)C)cc2)n1. The highest BCUT2D eigenvalue weighted by Gasteiger charge is 2.11. The Morgan fingerprint density at radius 2 is 1.76 bits per heavy atom. The van der Waals surface area contributed by atoms with Crippen molar-refractivity contribution in [2.24, 2.45) is 5.92 Å². The predicted octanol–water partition coefficient (Wildman–Crippen LogP) is 4.43. The molecule has 134 valence electrons. The van der Waals surface area contributed by atoms with Crippen molar-refractivity contribution < 1.29 is 4.79 Å². The van der Waals surface area contributed by atoms with Crippen molar-refractivity contribution in [2.45, 2.75) is 47.0 Å². The van der Waals surface area contributed by atoms with Crippen LogP contribution in [0, 0.1) is 12.8 Å². The smallest absolute Gasteiger partial charge is 0.270 e. The maximum atomic E-state index is 12.3. The van der Waals surface area contributed by atoms with Crippen molar-refractivity contribution in [3.8, 4) is 0 Å². The van der Waals surface area contributed by atoms with Crippen LogP contribution in [0.3, 0.4) is 0 Å². The van der Waals surface area contributed by atoms with Gasteiger partial charge >= 0.3 is 0 Å². The first-order valence-electron chi connectivity index (χ1n) is 8.86. The van der Waals surface area contributed by atoms with Crippen LogP contribution in [0.1, 0.15) is 61.8 Å². The topological polar surface area (TPSA) is 66.9 Å². The lowest BCUT2D eigenvalue weighted by molar-refractivity contribution is 0.0947. The molecule has 0 radical (unpaired) electrons. The first-order chi connectivity index (χ1) is 11.8. The largest absolute Gasteiger partial charge is 0.351 e. The maximum Gasteiger partial charge on any atom is 0.270 e. The minimum Gasteiger partial charge on any atom is -0.351 e. The van der Waals surface area contributed by atoms with Gasteiger partial charge < -0.3 is 10.6 Å². The van der Waals surface area contributed by atoms with E-state index in [2.05, 4.69) is 60.4 Å². The van der Waals surface area contributed by atoms with Gasteiger partial charge in [-0.2, -0.15) is 0 Å². The summed E-state index contributed by atoms with van der Waals surface area (Å²) in [6.07, 6.45) is 0.948. The Hall–Kier alpha value is -2.43. The predicted molar refractivity (Wildman–Crippen MR) is 102 cm³/mol. The summed E-state index contributed by atoms with van der Waals surface area (Å²) < 4.78 is 0. The fourth-order valence-corrected chi connectivity index (χ4v) is 2.39. The third-order valence-electron chi connectivity index (χ3n) is 3.93. The molecule has 5 nitrogen and oxygen atoms in total. The highest BCUT2D eigenvalue weighted by atomic mass is 16.1. The monoisotopic (exact) mass is 340 g/mol. The molecule has 0 fully saturated rings. The maximum absolute atomic E-state index is 12.3. The molecule has 2 aromatic rings. The second-order valence-electron chi connectivity index (χ2n) is 7.06. The van der Waals surface area contributed by atoms with Gasteiger partial charge in [-0.05, 0) is 48.9 Å². The number of benzene rings is 1. The molecule has 0 saturated carbocycles. The molecule has 0 unspecified atom stereocenters. The van der Waals surface area contributed by atoms with Gasteiger partial charge in [-0.3, -0.25) is 4.79 Å². The molecule has 1 heterocycles. The van der Waals surface area contributed by atoms with Gasteiger partial charge in [-0.25, -0.2) is 9.97 Å². The summed E-state index contributed by atoms with van der Waals surface area (Å²) in [5.41, 5.74) is 3.32. The van der Waals surface area contributed by atoms with E-state index in [0.717, 1.165) is 17.8 Å². The van der Waals surface area contributed by atoms with Crippen molar-refractivity contribution in [3.63, 3.8) is 0 Å². The average Bonchev–Trinajstić information content (AvgIpc) is 2.54. The summed E-state index contributed by atoms with van der Waals surface area (Å²) in [6, 6.07) is 9.88. The van der Waals surface area contributed by atoms with Gasteiger partial charge in [0.15, 0.2) is 0 Å². The minimum absolute atomic E-state index is 0.163. The molecule has 25 heavy (non-hydrogen) atoms. The van der Waals surface area contributed by atoms with Gasteiger partial charge in [-0.15, -0.1) is 0 Å². The van der Waals surface area contributed by atoms with E-state index in [0.29, 0.717) is 30.0 Å². The summed E-state index contributed by atoms with van der Waals surface area (Å²) in [5.74, 6) is 1.32. The van der Waals surface area contributed by atoms with Crippen LogP contribution in [0.25, 0.3) is 0 Å². The lowest BCUT2D eigenvalue weighted by Crippen LogP contribution is -2.26. The fraction of sp³-hybridized carbons (Fsp3) is 0.450. The van der Waals surface area contributed by atoms with Gasteiger partial charge in [0.05, 0.1) is 0 Å². The number of aryl methyl sites for hydroxylation is 1. The molecule has 1 amide bonds. The molecule has 0 bridgehead atoms. The number of rotatable bonds is 7. The molecule has 2 rings (SSSR count). The summed E-state index contributed by atoms with van der Waals surface area (Å²) in [6.45, 7) is 11.1. The molecule has 1 aromatic heterocycles. The second kappa shape index (κ2) is 8.60. The first-order valence-corrected chi connectivity index (χ1v) is 8.86. The van der Waals surface area contributed by atoms with Crippen LogP contribution in [0.2, 0.25) is 0 Å². The second-order valence-corrected chi connectivity index (χ2v) is 7.06. The number of anilines is 2. The third-order valence-corrected chi connectivity index (χ3v) is 3.93. The van der Waals surface area contributed by atoms with E-state index in [-0.39, 0.29) is 5.91 Å². The zero-order valence-electron chi connectivity index (χ0n) is 15.8. The molecular formula is C20H28N4O. The van der Waals surface area contributed by atoms with Crippen LogP contribution >= 0.6 is 0 Å². The summed E-state index contributed by atoms with van der Waals surface area (Å²) in [4.78, 5) is 21.0. The molecule has 1 aromatic carbocycles. The lowest BCUT2D eigenvalue weighted by Gasteiger charge is -2.11. The van der Waals surface area contributed by atoms with Gasteiger partial charge in [0.25, 0.3) is 5.91 Å². The van der Waals surface area contributed by atoms with E-state index in [1.807, 2.05) is 19.1 Å². The minimum atomic E-state index is -0.163. The van der Waals surface area contributed by atoms with Crippen LogP contribution in [-0.2, 0) is 0 Å². The Labute approximate surface area is 150 Å². The standard InChI is InChI=1S/C20H28N4O/c1-13(2)10-11-21-19(25)18-12-15(5)22-20(24-18)23-17-8-6-16(7-9-17)14(3)4/h6-9,12-14H,10-11H2,1-5H3,(H,21,25)(H,22,23,24). The molecular weight excluding hydrogens is 312 g/mol. The molecule has 0 spiro atoms. The number of hydrogen-bond acceptors (Lipinski definition) is 4. The summed E-state index contributed by atoms with van der Waals surface area (Å²) in [5, 5.41) is 6.09. The Bertz CT molecular complexity index is 708. The molecule has 2 N–H and O–H groups in total. The Kier molecular flexibility index (Phi) is 6.51. The number of carbonyl (C=O) groups is 1. The fourth-order valence-electron chi connectivity index (χ4n) is 2.39. The molecule has 0 aliphatic rings. The molecule has 0 aliphatic carbocycles. The molecule has 0 aliphatic heterocycles. The molecule has 0 atom stereocenters. The Morgan fingerprint density at radius 1 is 1.08 bits per heavy atom. The van der Waals surface area contributed by atoms with E-state index < -0.39 is 0 Å². The Morgan fingerprint density at radius 3 is 2.36 bits per heavy atom. The summed E-state index contributed by atoms with van der Waals surface area (Å²) in [7, 11) is 0. The number of hydrogen-bond donors (Lipinski definition) is 2. The van der Waals surface area contributed by atoms with Crippen molar-refractivity contribution in [1.29, 1.82) is 0 Å². The lowest BCUT2D eigenvalue weighted by atomic mass is 10.0. The van der Waals surface area contributed by atoms with Gasteiger partial charge in [0.2, 0.25) is 5.95 Å². The van der Waals surface area contributed by atoms with Crippen LogP contribution in [0.4, 0.5) is 11.6 Å². The van der Waals surface area contributed by atoms with Gasteiger partial charge in [-0.1, -0.05) is 39.8 Å². The first kappa shape index (κ1) is 18.9. The van der Waals surface area contributed by atoms with Gasteiger partial charge in [0, 0.05) is 17.9 Å². The van der Waals surface area contributed by atoms with Crippen molar-refractivity contribution in [3.05, 3.63) is 47.3 Å². The van der Waals surface area contributed by atoms with Crippen molar-refractivity contribution in [1.82, 2.24) is 15.3 Å².